The SMILES string of the molecule is Cn1nc(-c2cnc3[nH]cc(C(=O)NC(C)(C)C)c3n2)c2ccc(C(F)(F)F)cc21. The molecule has 30 heavy (non-hydrogen) atoms. The second-order valence-corrected chi connectivity index (χ2v) is 8.06. The van der Waals surface area contributed by atoms with Gasteiger partial charge in [-0.05, 0) is 39.0 Å². The number of hydrogen-bond donors (Lipinski definition) is 2. The van der Waals surface area contributed by atoms with Crippen molar-refractivity contribution in [2.24, 2.45) is 7.05 Å². The van der Waals surface area contributed by atoms with Gasteiger partial charge in [-0.1, -0.05) is 0 Å². The minimum absolute atomic E-state index is 0.305. The van der Waals surface area contributed by atoms with Crippen molar-refractivity contribution in [1.82, 2.24) is 30.0 Å². The first-order valence-electron chi connectivity index (χ1n) is 9.15. The Hall–Kier alpha value is -3.43. The number of alkyl halides is 3. The molecular formula is C20H19F3N6O. The molecule has 0 spiro atoms. The maximum absolute atomic E-state index is 13.1. The summed E-state index contributed by atoms with van der Waals surface area (Å²) in [6, 6.07) is 3.44. The van der Waals surface area contributed by atoms with Gasteiger partial charge in [-0.3, -0.25) is 9.48 Å². The predicted molar refractivity (Wildman–Crippen MR) is 106 cm³/mol. The number of fused-ring (bicyclic) bond motifs is 2. The Morgan fingerprint density at radius 1 is 1.20 bits per heavy atom. The van der Waals surface area contributed by atoms with Crippen molar-refractivity contribution < 1.29 is 18.0 Å². The fraction of sp³-hybridized carbons (Fsp3) is 0.300. The molecule has 4 rings (SSSR count). The molecule has 0 radical (unpaired) electrons. The van der Waals surface area contributed by atoms with Crippen molar-refractivity contribution in [2.75, 3.05) is 0 Å². The van der Waals surface area contributed by atoms with E-state index in [1.54, 1.807) is 7.05 Å². The first-order chi connectivity index (χ1) is 13.9. The van der Waals surface area contributed by atoms with E-state index in [0.717, 1.165) is 12.1 Å². The van der Waals surface area contributed by atoms with E-state index in [-0.39, 0.29) is 5.91 Å². The molecule has 7 nitrogen and oxygen atoms in total. The van der Waals surface area contributed by atoms with Crippen molar-refractivity contribution in [3.63, 3.8) is 0 Å². The molecule has 0 fully saturated rings. The maximum atomic E-state index is 13.1. The molecule has 10 heteroatoms. The zero-order valence-corrected chi connectivity index (χ0v) is 16.7. The molecule has 0 bridgehead atoms. The number of hydrogen-bond acceptors (Lipinski definition) is 4. The van der Waals surface area contributed by atoms with Crippen LogP contribution in [-0.4, -0.2) is 36.2 Å². The van der Waals surface area contributed by atoms with Gasteiger partial charge in [0.25, 0.3) is 5.91 Å². The Bertz CT molecular complexity index is 1280. The number of aromatic nitrogens is 5. The number of halogens is 3. The van der Waals surface area contributed by atoms with E-state index in [9.17, 15) is 18.0 Å². The van der Waals surface area contributed by atoms with Gasteiger partial charge in [0.05, 0.1) is 22.8 Å². The average molecular weight is 416 g/mol. The summed E-state index contributed by atoms with van der Waals surface area (Å²) < 4.78 is 40.6. The van der Waals surface area contributed by atoms with E-state index in [0.29, 0.717) is 39.0 Å². The van der Waals surface area contributed by atoms with Crippen molar-refractivity contribution in [3.8, 4) is 11.4 Å². The van der Waals surface area contributed by atoms with Gasteiger partial charge in [0, 0.05) is 24.2 Å². The van der Waals surface area contributed by atoms with Crippen LogP contribution < -0.4 is 5.32 Å². The van der Waals surface area contributed by atoms with Crippen molar-refractivity contribution in [3.05, 3.63) is 41.7 Å². The summed E-state index contributed by atoms with van der Waals surface area (Å²) in [5, 5.41) is 7.73. The van der Waals surface area contributed by atoms with Gasteiger partial charge in [-0.15, -0.1) is 0 Å². The third-order valence-corrected chi connectivity index (χ3v) is 4.54. The second-order valence-electron chi connectivity index (χ2n) is 8.06. The van der Waals surface area contributed by atoms with Gasteiger partial charge in [-0.25, -0.2) is 9.97 Å². The van der Waals surface area contributed by atoms with Crippen molar-refractivity contribution >= 4 is 28.0 Å². The van der Waals surface area contributed by atoms with E-state index in [1.165, 1.54) is 23.1 Å². The van der Waals surface area contributed by atoms with Crippen LogP contribution in [0.3, 0.4) is 0 Å². The number of nitrogens with one attached hydrogen (secondary N) is 2. The van der Waals surface area contributed by atoms with E-state index in [2.05, 4.69) is 25.4 Å². The lowest BCUT2D eigenvalue weighted by Crippen LogP contribution is -2.40. The van der Waals surface area contributed by atoms with Gasteiger partial charge in [0.1, 0.15) is 16.9 Å². The second kappa shape index (κ2) is 6.54. The highest BCUT2D eigenvalue weighted by Crippen LogP contribution is 2.34. The standard InChI is InChI=1S/C20H19F3N6O/c1-19(2,3)27-18(30)12-8-24-17-16(12)26-13(9-25-17)15-11-6-5-10(20(21,22)23)7-14(11)29(4)28-15/h5-9H,1-4H3,(H,24,25)(H,27,30). The number of rotatable bonds is 2. The lowest BCUT2D eigenvalue weighted by atomic mass is 10.1. The highest BCUT2D eigenvalue weighted by molar-refractivity contribution is 6.05. The van der Waals surface area contributed by atoms with Crippen LogP contribution >= 0.6 is 0 Å². The Morgan fingerprint density at radius 2 is 1.93 bits per heavy atom. The largest absolute Gasteiger partial charge is 0.416 e. The summed E-state index contributed by atoms with van der Waals surface area (Å²) in [7, 11) is 1.57. The Balaban J connectivity index is 1.83. The van der Waals surface area contributed by atoms with Crippen LogP contribution in [0.15, 0.2) is 30.6 Å². The number of aryl methyl sites for hydroxylation is 1. The number of nitrogens with zero attached hydrogens (tertiary/aromatic N) is 4. The molecule has 0 aliphatic heterocycles. The Kier molecular flexibility index (Phi) is 4.33. The van der Waals surface area contributed by atoms with E-state index in [4.69, 9.17) is 0 Å². The van der Waals surface area contributed by atoms with Gasteiger partial charge >= 0.3 is 6.18 Å². The molecule has 3 heterocycles. The first kappa shape index (κ1) is 19.9. The summed E-state index contributed by atoms with van der Waals surface area (Å²) in [6.07, 6.45) is -1.44. The minimum Gasteiger partial charge on any atom is -0.347 e. The van der Waals surface area contributed by atoms with E-state index < -0.39 is 17.3 Å². The molecule has 0 atom stereocenters. The highest BCUT2D eigenvalue weighted by Gasteiger charge is 2.31. The summed E-state index contributed by atoms with van der Waals surface area (Å²) >= 11 is 0. The fourth-order valence-electron chi connectivity index (χ4n) is 3.21. The zero-order chi connectivity index (χ0) is 21.8. The molecular weight excluding hydrogens is 397 g/mol. The Morgan fingerprint density at radius 3 is 2.60 bits per heavy atom. The summed E-state index contributed by atoms with van der Waals surface area (Å²) in [6.45, 7) is 5.60. The smallest absolute Gasteiger partial charge is 0.347 e. The van der Waals surface area contributed by atoms with E-state index in [1.807, 2.05) is 20.8 Å². The molecule has 0 unspecified atom stereocenters. The van der Waals surface area contributed by atoms with Crippen LogP contribution in [0.1, 0.15) is 36.7 Å². The molecule has 0 aliphatic rings. The van der Waals surface area contributed by atoms with Crippen molar-refractivity contribution in [1.29, 1.82) is 0 Å². The molecule has 0 saturated heterocycles. The number of carbonyl (C=O) groups excluding carboxylic acids is 1. The fourth-order valence-corrected chi connectivity index (χ4v) is 3.21. The normalized spacial score (nSPS) is 12.6. The number of H-pyrrole nitrogens is 1. The van der Waals surface area contributed by atoms with Crippen LogP contribution in [0.5, 0.6) is 0 Å². The summed E-state index contributed by atoms with van der Waals surface area (Å²) in [5.74, 6) is -0.305. The van der Waals surface area contributed by atoms with Crippen LogP contribution in [0, 0.1) is 0 Å². The molecule has 4 aromatic rings. The van der Waals surface area contributed by atoms with Crippen LogP contribution in [0.4, 0.5) is 13.2 Å². The summed E-state index contributed by atoms with van der Waals surface area (Å²) in [5.41, 5.74) is 1.00. The number of aromatic amines is 1. The monoisotopic (exact) mass is 416 g/mol. The third-order valence-electron chi connectivity index (χ3n) is 4.54. The van der Waals surface area contributed by atoms with Crippen molar-refractivity contribution in [2.45, 2.75) is 32.5 Å². The minimum atomic E-state index is -4.45. The molecule has 3 aromatic heterocycles. The molecule has 0 saturated carbocycles. The van der Waals surface area contributed by atoms with Crippen LogP contribution in [0.2, 0.25) is 0 Å². The van der Waals surface area contributed by atoms with Crippen LogP contribution in [0.25, 0.3) is 33.5 Å². The van der Waals surface area contributed by atoms with Gasteiger partial charge in [0.15, 0.2) is 5.65 Å². The molecule has 0 aliphatic carbocycles. The zero-order valence-electron chi connectivity index (χ0n) is 16.7. The first-order valence-corrected chi connectivity index (χ1v) is 9.15. The lowest BCUT2D eigenvalue weighted by molar-refractivity contribution is -0.137. The summed E-state index contributed by atoms with van der Waals surface area (Å²) in [4.78, 5) is 24.4. The molecule has 156 valence electrons. The van der Waals surface area contributed by atoms with Gasteiger partial charge in [-0.2, -0.15) is 18.3 Å². The molecule has 2 N–H and O–H groups in total. The average Bonchev–Trinajstić information content (AvgIpc) is 3.20. The topological polar surface area (TPSA) is 88.5 Å². The van der Waals surface area contributed by atoms with Crippen LogP contribution in [-0.2, 0) is 13.2 Å². The number of amides is 1. The molecule has 1 amide bonds. The lowest BCUT2D eigenvalue weighted by Gasteiger charge is -2.19. The Labute approximate surface area is 169 Å². The molecule has 1 aromatic carbocycles. The van der Waals surface area contributed by atoms with Gasteiger partial charge in [0.2, 0.25) is 0 Å². The third kappa shape index (κ3) is 3.49. The quantitative estimate of drug-likeness (QED) is 0.516. The number of carbonyl (C=O) groups is 1. The predicted octanol–water partition coefficient (Wildman–Crippen LogP) is 4.06. The maximum Gasteiger partial charge on any atom is 0.416 e. The van der Waals surface area contributed by atoms with Gasteiger partial charge < -0.3 is 10.3 Å². The number of benzene rings is 1. The van der Waals surface area contributed by atoms with E-state index >= 15 is 0 Å². The highest BCUT2D eigenvalue weighted by atomic mass is 19.4.